The second-order valence-corrected chi connectivity index (χ2v) is 12.9. The monoisotopic (exact) mass is 562 g/mol. The molecule has 216 valence electrons. The van der Waals surface area contributed by atoms with Crippen LogP contribution in [0.2, 0.25) is 0 Å². The number of aliphatic hydroxyl groups is 2. The Labute approximate surface area is 234 Å². The highest BCUT2D eigenvalue weighted by atomic mass is 32.1. The lowest BCUT2D eigenvalue weighted by Crippen LogP contribution is -2.45. The van der Waals surface area contributed by atoms with E-state index in [0.29, 0.717) is 25.7 Å². The third kappa shape index (κ3) is 7.21. The van der Waals surface area contributed by atoms with Crippen molar-refractivity contribution in [2.24, 2.45) is 17.3 Å². The van der Waals surface area contributed by atoms with Crippen LogP contribution in [-0.4, -0.2) is 73.9 Å². The van der Waals surface area contributed by atoms with E-state index >= 15 is 0 Å². The summed E-state index contributed by atoms with van der Waals surface area (Å²) in [6, 6.07) is -0.465. The van der Waals surface area contributed by atoms with E-state index in [1.807, 2.05) is 32.2 Å². The fraction of sp³-hybridized carbons (Fsp3) is 0.690. The predicted octanol–water partition coefficient (Wildman–Crippen LogP) is 3.49. The van der Waals surface area contributed by atoms with Gasteiger partial charge < -0.3 is 19.8 Å². The Hall–Kier alpha value is -2.43. The Morgan fingerprint density at radius 2 is 1.82 bits per heavy atom. The number of carbonyl (C=O) groups is 4. The first kappa shape index (κ1) is 31.1. The third-order valence-corrected chi connectivity index (χ3v) is 9.14. The minimum atomic E-state index is -1.31. The molecule has 7 atom stereocenters. The number of hydrogen-bond acceptors (Lipinski definition) is 9. The highest BCUT2D eigenvalue weighted by Gasteiger charge is 2.52. The van der Waals surface area contributed by atoms with Crippen molar-refractivity contribution in [3.63, 3.8) is 0 Å². The summed E-state index contributed by atoms with van der Waals surface area (Å²) in [4.78, 5) is 57.0. The first-order valence-electron chi connectivity index (χ1n) is 13.7. The quantitative estimate of drug-likeness (QED) is 0.325. The molecule has 0 spiro atoms. The number of aromatic nitrogens is 1. The van der Waals surface area contributed by atoms with Gasteiger partial charge in [-0.2, -0.15) is 0 Å². The smallest absolute Gasteiger partial charge is 0.309 e. The van der Waals surface area contributed by atoms with Crippen molar-refractivity contribution < 1.29 is 34.1 Å². The molecular formula is C29H42N2O7S. The van der Waals surface area contributed by atoms with Crippen LogP contribution in [-0.2, 0) is 23.9 Å². The minimum Gasteiger partial charge on any atom is -0.458 e. The van der Waals surface area contributed by atoms with E-state index in [4.69, 9.17) is 4.74 Å². The van der Waals surface area contributed by atoms with Crippen LogP contribution in [0.4, 0.5) is 0 Å². The highest BCUT2D eigenvalue weighted by molar-refractivity contribution is 7.09. The lowest BCUT2D eigenvalue weighted by atomic mass is 9.73. The van der Waals surface area contributed by atoms with Gasteiger partial charge in [0.05, 0.1) is 46.8 Å². The number of cyclic esters (lactones) is 1. The summed E-state index contributed by atoms with van der Waals surface area (Å²) in [6.45, 7) is 11.7. The molecule has 10 heteroatoms. The number of aryl methyl sites for hydroxylation is 1. The van der Waals surface area contributed by atoms with Crippen molar-refractivity contribution >= 4 is 40.9 Å². The van der Waals surface area contributed by atoms with Gasteiger partial charge in [0.25, 0.3) is 5.91 Å². The van der Waals surface area contributed by atoms with E-state index in [2.05, 4.69) is 4.98 Å². The second kappa shape index (κ2) is 12.4. The summed E-state index contributed by atoms with van der Waals surface area (Å²) in [5.41, 5.74) is 0.183. The number of amides is 1. The number of ketones is 2. The number of carbonyl (C=O) groups excluding carboxylic acids is 4. The molecule has 0 saturated carbocycles. The lowest BCUT2D eigenvalue weighted by Gasteiger charge is -2.34. The summed E-state index contributed by atoms with van der Waals surface area (Å²) < 4.78 is 5.87. The first-order chi connectivity index (χ1) is 18.1. The van der Waals surface area contributed by atoms with Crippen molar-refractivity contribution in [2.45, 2.75) is 111 Å². The van der Waals surface area contributed by atoms with Gasteiger partial charge in [0.15, 0.2) is 0 Å². The van der Waals surface area contributed by atoms with Crippen LogP contribution in [0.25, 0.3) is 6.08 Å². The molecule has 3 rings (SSSR count). The number of rotatable bonds is 3. The summed E-state index contributed by atoms with van der Waals surface area (Å²) in [6.07, 6.45) is 0.737. The van der Waals surface area contributed by atoms with Crippen LogP contribution in [0.1, 0.15) is 84.3 Å². The van der Waals surface area contributed by atoms with E-state index in [9.17, 15) is 29.4 Å². The van der Waals surface area contributed by atoms with Gasteiger partial charge in [-0.1, -0.05) is 34.1 Å². The SMILES string of the molecule is CC(=O)C(=O)N1C2CCCC(C)C(O)C(C)C(=O)C(C)(C)C(O)CC(=O)OC(/C(C)=C/c3csc(C)n3)CC21. The molecule has 2 N–H and O–H groups in total. The number of thiazole rings is 1. The molecule has 2 saturated heterocycles. The maximum Gasteiger partial charge on any atom is 0.309 e. The van der Waals surface area contributed by atoms with Crippen molar-refractivity contribution in [3.05, 3.63) is 21.7 Å². The Morgan fingerprint density at radius 3 is 2.41 bits per heavy atom. The van der Waals surface area contributed by atoms with Crippen LogP contribution in [0, 0.1) is 24.2 Å². The molecule has 0 aromatic carbocycles. The average Bonchev–Trinajstić information content (AvgIpc) is 3.38. The van der Waals surface area contributed by atoms with E-state index < -0.39 is 53.7 Å². The zero-order chi connectivity index (χ0) is 29.2. The Morgan fingerprint density at radius 1 is 1.15 bits per heavy atom. The predicted molar refractivity (Wildman–Crippen MR) is 148 cm³/mol. The van der Waals surface area contributed by atoms with Crippen LogP contribution < -0.4 is 0 Å². The number of nitrogens with zero attached hydrogens (tertiary/aromatic N) is 2. The van der Waals surface area contributed by atoms with Gasteiger partial charge in [-0.15, -0.1) is 11.3 Å². The largest absolute Gasteiger partial charge is 0.458 e. The molecule has 1 aromatic heterocycles. The normalized spacial score (nSPS) is 32.8. The lowest BCUT2D eigenvalue weighted by molar-refractivity contribution is -0.154. The van der Waals surface area contributed by atoms with E-state index in [-0.39, 0.29) is 23.8 Å². The highest BCUT2D eigenvalue weighted by Crippen LogP contribution is 2.39. The number of Topliss-reactive ketones (excluding diaryl/α,β-unsaturated/α-hetero) is 2. The molecule has 0 bridgehead atoms. The fourth-order valence-corrected chi connectivity index (χ4v) is 6.15. The van der Waals surface area contributed by atoms with Gasteiger partial charge in [-0.25, -0.2) is 4.98 Å². The Kier molecular flexibility index (Phi) is 9.88. The third-order valence-electron chi connectivity index (χ3n) is 8.35. The summed E-state index contributed by atoms with van der Waals surface area (Å²) in [7, 11) is 0. The maximum atomic E-state index is 13.3. The van der Waals surface area contributed by atoms with Gasteiger partial charge >= 0.3 is 5.97 Å². The van der Waals surface area contributed by atoms with Crippen LogP contribution >= 0.6 is 11.3 Å². The molecule has 2 aliphatic rings. The molecule has 0 aliphatic carbocycles. The summed E-state index contributed by atoms with van der Waals surface area (Å²) in [5.74, 6) is -3.03. The molecule has 1 amide bonds. The molecular weight excluding hydrogens is 520 g/mol. The number of esters is 1. The second-order valence-electron chi connectivity index (χ2n) is 11.8. The molecule has 39 heavy (non-hydrogen) atoms. The number of ether oxygens (including phenoxy) is 1. The van der Waals surface area contributed by atoms with Gasteiger partial charge in [-0.3, -0.25) is 19.2 Å². The van der Waals surface area contributed by atoms with E-state index in [1.165, 1.54) is 18.3 Å². The van der Waals surface area contributed by atoms with Gasteiger partial charge in [0, 0.05) is 24.6 Å². The van der Waals surface area contributed by atoms with Crippen LogP contribution in [0.5, 0.6) is 0 Å². The molecule has 0 radical (unpaired) electrons. The molecule has 9 nitrogen and oxygen atoms in total. The zero-order valence-corrected chi connectivity index (χ0v) is 24.8. The number of hydrogen-bond donors (Lipinski definition) is 2. The van der Waals surface area contributed by atoms with Gasteiger partial charge in [0.1, 0.15) is 11.9 Å². The van der Waals surface area contributed by atoms with Crippen molar-refractivity contribution in [3.8, 4) is 0 Å². The van der Waals surface area contributed by atoms with E-state index in [0.717, 1.165) is 16.3 Å². The number of aliphatic hydroxyl groups excluding tert-OH is 2. The molecule has 2 fully saturated rings. The maximum absolute atomic E-state index is 13.3. The average molecular weight is 563 g/mol. The van der Waals surface area contributed by atoms with Crippen molar-refractivity contribution in [1.29, 1.82) is 0 Å². The topological polar surface area (TPSA) is 134 Å². The Bertz CT molecular complexity index is 1130. The Balaban J connectivity index is 1.94. The minimum absolute atomic E-state index is 0.183. The number of fused-ring (bicyclic) bond motifs is 1. The van der Waals surface area contributed by atoms with Crippen LogP contribution in [0.3, 0.4) is 0 Å². The van der Waals surface area contributed by atoms with Crippen molar-refractivity contribution in [1.82, 2.24) is 9.88 Å². The standard InChI is InChI=1S/C29H42N2O7S/c1-15-9-8-10-21-22(31(21)28(37)18(4)32)12-23(16(2)11-20-14-39-19(5)30-20)38-25(34)13-24(33)29(6,7)27(36)17(3)26(15)35/h11,14-15,17,21-24,26,33,35H,8-10,12-13H2,1-7H3/b16-11+. The summed E-state index contributed by atoms with van der Waals surface area (Å²) >= 11 is 1.50. The first-order valence-corrected chi connectivity index (χ1v) is 14.6. The molecule has 3 heterocycles. The van der Waals surface area contributed by atoms with Gasteiger partial charge in [-0.05, 0) is 44.3 Å². The van der Waals surface area contributed by atoms with Crippen LogP contribution in [0.15, 0.2) is 11.0 Å². The van der Waals surface area contributed by atoms with Gasteiger partial charge in [0.2, 0.25) is 5.78 Å². The molecule has 7 unspecified atom stereocenters. The summed E-state index contributed by atoms with van der Waals surface area (Å²) in [5, 5.41) is 24.6. The molecule has 2 aliphatic heterocycles. The fourth-order valence-electron chi connectivity index (χ4n) is 5.58. The molecule has 1 aromatic rings. The van der Waals surface area contributed by atoms with Crippen molar-refractivity contribution in [2.75, 3.05) is 0 Å². The van der Waals surface area contributed by atoms with E-state index in [1.54, 1.807) is 25.7 Å². The zero-order valence-electron chi connectivity index (χ0n) is 24.0.